The predicted octanol–water partition coefficient (Wildman–Crippen LogP) is 3.34. The largest absolute Gasteiger partial charge is 0.497 e. The third-order valence-corrected chi connectivity index (χ3v) is 3.78. The Morgan fingerprint density at radius 1 is 1.04 bits per heavy atom. The van der Waals surface area contributed by atoms with Crippen LogP contribution in [0.1, 0.15) is 34.5 Å². The Hall–Kier alpha value is -2.53. The first-order valence-electron chi connectivity index (χ1n) is 7.69. The maximum Gasteiger partial charge on any atom is 0.251 e. The van der Waals surface area contributed by atoms with E-state index in [-0.39, 0.29) is 11.9 Å². The molecule has 0 saturated heterocycles. The molecule has 5 nitrogen and oxygen atoms in total. The number of hydrogen-bond donors (Lipinski definition) is 1. The van der Waals surface area contributed by atoms with Gasteiger partial charge in [0, 0.05) is 18.2 Å². The Morgan fingerprint density at radius 3 is 2.33 bits per heavy atom. The third kappa shape index (κ3) is 4.26. The van der Waals surface area contributed by atoms with Crippen LogP contribution >= 0.6 is 0 Å². The molecular weight excluding hydrogens is 306 g/mol. The van der Waals surface area contributed by atoms with Crippen molar-refractivity contribution in [2.24, 2.45) is 0 Å². The molecule has 0 aliphatic heterocycles. The number of methoxy groups -OCH3 is 3. The summed E-state index contributed by atoms with van der Waals surface area (Å²) in [6.45, 7) is 2.44. The topological polar surface area (TPSA) is 56.8 Å². The molecule has 0 aromatic heterocycles. The van der Waals surface area contributed by atoms with E-state index in [1.165, 1.54) is 0 Å². The molecular formula is C19H23NO4. The first-order valence-corrected chi connectivity index (χ1v) is 7.69. The first kappa shape index (κ1) is 17.8. The van der Waals surface area contributed by atoms with Crippen molar-refractivity contribution in [2.75, 3.05) is 21.3 Å². The second kappa shape index (κ2) is 8.36. The van der Waals surface area contributed by atoms with E-state index < -0.39 is 0 Å². The van der Waals surface area contributed by atoms with Crippen LogP contribution in [0.3, 0.4) is 0 Å². The Bertz CT molecular complexity index is 682. The Kier molecular flexibility index (Phi) is 6.21. The van der Waals surface area contributed by atoms with Crippen LogP contribution in [0.2, 0.25) is 0 Å². The van der Waals surface area contributed by atoms with E-state index in [1.807, 2.05) is 37.3 Å². The first-order chi connectivity index (χ1) is 11.6. The van der Waals surface area contributed by atoms with E-state index in [9.17, 15) is 4.79 Å². The van der Waals surface area contributed by atoms with Crippen molar-refractivity contribution in [1.29, 1.82) is 0 Å². The van der Waals surface area contributed by atoms with Gasteiger partial charge in [-0.3, -0.25) is 4.79 Å². The maximum atomic E-state index is 12.4. The summed E-state index contributed by atoms with van der Waals surface area (Å²) in [6.07, 6.45) is 0. The second-order valence-corrected chi connectivity index (χ2v) is 5.43. The zero-order valence-electron chi connectivity index (χ0n) is 14.5. The van der Waals surface area contributed by atoms with Crippen molar-refractivity contribution in [2.45, 2.75) is 19.6 Å². The fourth-order valence-corrected chi connectivity index (χ4v) is 2.45. The number of amides is 1. The number of benzene rings is 2. The van der Waals surface area contributed by atoms with Gasteiger partial charge >= 0.3 is 0 Å². The van der Waals surface area contributed by atoms with Gasteiger partial charge in [-0.25, -0.2) is 0 Å². The minimum Gasteiger partial charge on any atom is -0.497 e. The highest BCUT2D eigenvalue weighted by Gasteiger charge is 2.16. The van der Waals surface area contributed by atoms with Crippen LogP contribution in [0.4, 0.5) is 0 Å². The molecule has 0 saturated carbocycles. The van der Waals surface area contributed by atoms with Gasteiger partial charge in [-0.1, -0.05) is 12.1 Å². The molecule has 1 atom stereocenters. The van der Waals surface area contributed by atoms with Gasteiger partial charge in [0.05, 0.1) is 26.9 Å². The molecule has 2 aromatic carbocycles. The summed E-state index contributed by atoms with van der Waals surface area (Å²) in [5.41, 5.74) is 2.49. The molecule has 0 bridgehead atoms. The van der Waals surface area contributed by atoms with Crippen LogP contribution in [0, 0.1) is 0 Å². The molecule has 5 heteroatoms. The number of hydrogen-bond acceptors (Lipinski definition) is 4. The van der Waals surface area contributed by atoms with Crippen LogP contribution in [0.5, 0.6) is 11.5 Å². The molecule has 1 amide bonds. The van der Waals surface area contributed by atoms with E-state index in [0.29, 0.717) is 17.9 Å². The van der Waals surface area contributed by atoms with Gasteiger partial charge in [-0.05, 0) is 42.8 Å². The summed E-state index contributed by atoms with van der Waals surface area (Å²) >= 11 is 0. The fraction of sp³-hybridized carbons (Fsp3) is 0.316. The lowest BCUT2D eigenvalue weighted by molar-refractivity contribution is 0.0939. The summed E-state index contributed by atoms with van der Waals surface area (Å²) in [4.78, 5) is 12.4. The van der Waals surface area contributed by atoms with Crippen molar-refractivity contribution in [3.8, 4) is 11.5 Å². The Morgan fingerprint density at radius 2 is 1.75 bits per heavy atom. The molecule has 24 heavy (non-hydrogen) atoms. The van der Waals surface area contributed by atoms with Crippen molar-refractivity contribution < 1.29 is 19.0 Å². The lowest BCUT2D eigenvalue weighted by Gasteiger charge is -2.18. The molecule has 2 aromatic rings. The molecule has 0 aliphatic carbocycles. The quantitative estimate of drug-likeness (QED) is 0.846. The molecule has 128 valence electrons. The normalized spacial score (nSPS) is 11.7. The summed E-state index contributed by atoms with van der Waals surface area (Å²) in [7, 11) is 4.86. The number of rotatable bonds is 7. The van der Waals surface area contributed by atoms with Crippen molar-refractivity contribution in [3.63, 3.8) is 0 Å². The van der Waals surface area contributed by atoms with Gasteiger partial charge in [0.2, 0.25) is 0 Å². The van der Waals surface area contributed by atoms with E-state index in [1.54, 1.807) is 33.5 Å². The highest BCUT2D eigenvalue weighted by atomic mass is 16.5. The van der Waals surface area contributed by atoms with E-state index in [0.717, 1.165) is 16.9 Å². The smallest absolute Gasteiger partial charge is 0.251 e. The van der Waals surface area contributed by atoms with Gasteiger partial charge in [-0.15, -0.1) is 0 Å². The van der Waals surface area contributed by atoms with Gasteiger partial charge in [0.1, 0.15) is 11.5 Å². The Balaban J connectivity index is 2.13. The molecule has 0 aliphatic rings. The van der Waals surface area contributed by atoms with Gasteiger partial charge < -0.3 is 19.5 Å². The lowest BCUT2D eigenvalue weighted by atomic mass is 10.1. The summed E-state index contributed by atoms with van der Waals surface area (Å²) in [5.74, 6) is 1.28. The molecule has 0 heterocycles. The van der Waals surface area contributed by atoms with Gasteiger partial charge in [0.25, 0.3) is 5.91 Å². The molecule has 0 radical (unpaired) electrons. The summed E-state index contributed by atoms with van der Waals surface area (Å²) in [5, 5.41) is 2.98. The minimum atomic E-state index is -0.221. The van der Waals surface area contributed by atoms with Crippen LogP contribution in [-0.2, 0) is 11.3 Å². The van der Waals surface area contributed by atoms with Crippen LogP contribution < -0.4 is 14.8 Å². The van der Waals surface area contributed by atoms with Gasteiger partial charge in [0.15, 0.2) is 0 Å². The molecule has 2 rings (SSSR count). The maximum absolute atomic E-state index is 12.4. The summed E-state index contributed by atoms with van der Waals surface area (Å²) in [6, 6.07) is 12.7. The highest BCUT2D eigenvalue weighted by Crippen LogP contribution is 2.29. The van der Waals surface area contributed by atoms with Crippen LogP contribution in [0.25, 0.3) is 0 Å². The monoisotopic (exact) mass is 329 g/mol. The molecule has 1 unspecified atom stereocenters. The van der Waals surface area contributed by atoms with Gasteiger partial charge in [-0.2, -0.15) is 0 Å². The predicted molar refractivity (Wildman–Crippen MR) is 92.6 cm³/mol. The zero-order valence-corrected chi connectivity index (χ0v) is 14.5. The molecule has 0 fully saturated rings. The van der Waals surface area contributed by atoms with E-state index in [2.05, 4.69) is 5.32 Å². The molecule has 1 N–H and O–H groups in total. The Labute approximate surface area is 142 Å². The average Bonchev–Trinajstić information content (AvgIpc) is 2.61. The fourth-order valence-electron chi connectivity index (χ4n) is 2.45. The van der Waals surface area contributed by atoms with E-state index in [4.69, 9.17) is 14.2 Å². The second-order valence-electron chi connectivity index (χ2n) is 5.43. The number of nitrogens with one attached hydrogen (secondary N) is 1. The minimum absolute atomic E-state index is 0.142. The van der Waals surface area contributed by atoms with Crippen LogP contribution in [-0.4, -0.2) is 27.2 Å². The number of carbonyl (C=O) groups excluding carboxylic acids is 1. The van der Waals surface area contributed by atoms with Crippen molar-refractivity contribution in [3.05, 3.63) is 59.2 Å². The van der Waals surface area contributed by atoms with E-state index >= 15 is 0 Å². The number of ether oxygens (including phenoxy) is 3. The summed E-state index contributed by atoms with van der Waals surface area (Å²) < 4.78 is 15.7. The number of carbonyl (C=O) groups is 1. The zero-order chi connectivity index (χ0) is 17.5. The molecule has 0 spiro atoms. The average molecular weight is 329 g/mol. The van der Waals surface area contributed by atoms with Crippen LogP contribution in [0.15, 0.2) is 42.5 Å². The van der Waals surface area contributed by atoms with Crippen molar-refractivity contribution >= 4 is 5.91 Å². The highest BCUT2D eigenvalue weighted by molar-refractivity contribution is 5.94. The standard InChI is InChI=1S/C19H23NO4/c1-13(17-11-16(23-3)9-10-18(17)24-4)20-19(21)15-7-5-14(6-8-15)12-22-2/h5-11,13H,12H2,1-4H3,(H,20,21). The lowest BCUT2D eigenvalue weighted by Crippen LogP contribution is -2.27. The third-order valence-electron chi connectivity index (χ3n) is 3.78. The SMILES string of the molecule is COCc1ccc(C(=O)NC(C)c2cc(OC)ccc2OC)cc1. The van der Waals surface area contributed by atoms with Crippen molar-refractivity contribution in [1.82, 2.24) is 5.32 Å².